The van der Waals surface area contributed by atoms with Crippen molar-refractivity contribution in [2.45, 2.75) is 13.8 Å². The average molecular weight is 1460 g/mol. The Kier molecular flexibility index (Phi) is 23.9. The lowest BCUT2D eigenvalue weighted by Gasteiger charge is -2.14. The molecule has 532 valence electrons. The smallest absolute Gasteiger partial charge is 0.204 e. The van der Waals surface area contributed by atoms with Crippen molar-refractivity contribution in [1.82, 2.24) is 39.9 Å². The molecule has 0 amide bonds. The molecule has 16 aromatic rings. The minimum atomic E-state index is 0.217. The van der Waals surface area contributed by atoms with Crippen LogP contribution in [-0.4, -0.2) is 74.4 Å². The first kappa shape index (κ1) is 73.0. The Hall–Kier alpha value is -13.4. The van der Waals surface area contributed by atoms with Crippen molar-refractivity contribution in [3.8, 4) is 177 Å². The largest absolute Gasteiger partial charge is 0.493 e. The number of aryl methyl sites for hydroxylation is 1. The van der Waals surface area contributed by atoms with Gasteiger partial charge in [0.05, 0.1) is 95.2 Å². The number of halogens is 2. The molecule has 4 aromatic heterocycles. The molecule has 0 saturated heterocycles. The van der Waals surface area contributed by atoms with Crippen LogP contribution in [0.1, 0.15) is 12.5 Å². The van der Waals surface area contributed by atoms with Gasteiger partial charge in [0.15, 0.2) is 11.5 Å². The number of aromatic nitrogens is 8. The van der Waals surface area contributed by atoms with Gasteiger partial charge in [0.1, 0.15) is 41.4 Å². The van der Waals surface area contributed by atoms with Gasteiger partial charge in [-0.2, -0.15) is 0 Å². The van der Waals surface area contributed by atoms with E-state index in [9.17, 15) is 0 Å². The van der Waals surface area contributed by atoms with E-state index in [0.29, 0.717) is 45.5 Å². The predicted molar refractivity (Wildman–Crippen MR) is 439 cm³/mol. The summed E-state index contributed by atoms with van der Waals surface area (Å²) in [5.74, 6) is 8.76. The Bertz CT molecular complexity index is 5480. The Morgan fingerprint density at radius 3 is 1.04 bits per heavy atom. The van der Waals surface area contributed by atoms with E-state index in [1.54, 1.807) is 21.3 Å². The van der Waals surface area contributed by atoms with Crippen LogP contribution in [0.5, 0.6) is 28.7 Å². The van der Waals surface area contributed by atoms with Crippen molar-refractivity contribution in [1.29, 1.82) is 0 Å². The molecule has 16 rings (SSSR count). The zero-order chi connectivity index (χ0) is 74.6. The van der Waals surface area contributed by atoms with Crippen molar-refractivity contribution in [3.05, 3.63) is 331 Å². The molecule has 12 aromatic carbocycles. The fourth-order valence-corrected chi connectivity index (χ4v) is 13.0. The number of hydrogen-bond acceptors (Lipinski definition) is 9. The fraction of sp³-hybridized carbons (Fsp3) is 0.0753. The molecule has 0 atom stereocenters. The first-order valence-electron chi connectivity index (χ1n) is 35.1. The maximum Gasteiger partial charge on any atom is 0.204 e. The van der Waals surface area contributed by atoms with Crippen LogP contribution in [-0.2, 0) is 0 Å². The SMILES string of the molecule is C#CCOc1ccccc1-c1nc(-c2ccccc2)c(-c2ccccc2)[nH]1.CCOc1ccccc1-c1nc(-c2ccccc2)c(-c2ccccc2)[nH]1.COc1ccc(-c2nc(-c3ccccc3)c(-c3ccccc3)[nH]2)c(OC)c1OC.Cc1ccc(-c2nc(-c3cccc(Cl)c3)c(-c3ccccc3)[nH]2)c(Cl)c1. The predicted octanol–water partition coefficient (Wildman–Crippen LogP) is 23.7. The topological polar surface area (TPSA) is 161 Å². The summed E-state index contributed by atoms with van der Waals surface area (Å²) in [5.41, 5.74) is 20.5. The summed E-state index contributed by atoms with van der Waals surface area (Å²) in [5, 5.41) is 1.36. The Morgan fingerprint density at radius 2 is 0.667 bits per heavy atom. The monoisotopic (exact) mass is 1450 g/mol. The van der Waals surface area contributed by atoms with E-state index in [1.807, 2.05) is 244 Å². The molecular formula is C93H76Cl2N8O5. The van der Waals surface area contributed by atoms with Gasteiger partial charge in [0.25, 0.3) is 0 Å². The molecule has 4 N–H and O–H groups in total. The number of H-pyrrole nitrogens is 4. The normalized spacial score (nSPS) is 10.6. The van der Waals surface area contributed by atoms with E-state index in [0.717, 1.165) is 141 Å². The molecule has 0 spiro atoms. The molecule has 0 unspecified atom stereocenters. The lowest BCUT2D eigenvalue weighted by atomic mass is 10.1. The van der Waals surface area contributed by atoms with E-state index in [4.69, 9.17) is 73.2 Å². The molecule has 13 nitrogen and oxygen atoms in total. The standard InChI is InChI=1S/C24H22N2O3.C24H18N2O.C23H20N2O.C22H16Cl2N2/c1-27-19-15-14-18(22(28-2)23(19)29-3)24-25-20(16-10-6-4-7-11-16)21(26-24)17-12-8-5-9-13-17;1-2-17-27-21-16-10-9-15-20(21)24-25-22(18-11-5-3-6-12-18)23(26-24)19-13-7-4-8-14-19;1-2-26-20-16-10-9-15-19(20)23-24-21(17-11-5-3-6-12-17)22(25-23)18-13-7-4-8-14-18;1-14-10-11-18(19(24)12-14)22-25-20(15-6-3-2-4-7-15)21(26-22)16-8-5-9-17(23)13-16/h4-15H,1-3H3,(H,25,26);1,3-16H,17H2,(H,25,26);3-16H,2H2,1H3,(H,24,25);2-13H,1H3,(H,25,26). The molecule has 0 bridgehead atoms. The second-order valence-corrected chi connectivity index (χ2v) is 25.4. The number of aromatic amines is 4. The van der Waals surface area contributed by atoms with Gasteiger partial charge in [0.2, 0.25) is 5.75 Å². The molecule has 4 heterocycles. The summed E-state index contributed by atoms with van der Waals surface area (Å²) < 4.78 is 28.1. The number of terminal acetylenes is 1. The Balaban J connectivity index is 0.000000127. The quantitative estimate of drug-likeness (QED) is 0.0578. The summed E-state index contributed by atoms with van der Waals surface area (Å²) >= 11 is 12.7. The highest BCUT2D eigenvalue weighted by Gasteiger charge is 2.24. The number of hydrogen-bond donors (Lipinski definition) is 4. The second-order valence-electron chi connectivity index (χ2n) is 24.6. The van der Waals surface area contributed by atoms with E-state index >= 15 is 0 Å². The number of rotatable bonds is 19. The number of imidazole rings is 4. The van der Waals surface area contributed by atoms with Crippen LogP contribution in [0.2, 0.25) is 10.0 Å². The molecule has 0 fully saturated rings. The van der Waals surface area contributed by atoms with Crippen LogP contribution in [0.4, 0.5) is 0 Å². The van der Waals surface area contributed by atoms with Crippen molar-refractivity contribution in [2.75, 3.05) is 34.5 Å². The van der Waals surface area contributed by atoms with E-state index in [-0.39, 0.29) is 6.61 Å². The minimum Gasteiger partial charge on any atom is -0.493 e. The second kappa shape index (κ2) is 35.4. The molecule has 0 radical (unpaired) electrons. The Labute approximate surface area is 638 Å². The van der Waals surface area contributed by atoms with Gasteiger partial charge < -0.3 is 43.6 Å². The first-order valence-corrected chi connectivity index (χ1v) is 35.8. The lowest BCUT2D eigenvalue weighted by molar-refractivity contribution is 0.325. The van der Waals surface area contributed by atoms with Crippen molar-refractivity contribution in [3.63, 3.8) is 0 Å². The van der Waals surface area contributed by atoms with Gasteiger partial charge in [-0.1, -0.05) is 284 Å². The third-order valence-electron chi connectivity index (χ3n) is 17.5. The number of nitrogens with zero attached hydrogens (tertiary/aromatic N) is 4. The number of ether oxygens (including phenoxy) is 5. The third kappa shape index (κ3) is 17.0. The molecule has 0 aliphatic carbocycles. The molecular weight excluding hydrogens is 1380 g/mol. The maximum absolute atomic E-state index is 6.46. The zero-order valence-corrected chi connectivity index (χ0v) is 61.6. The summed E-state index contributed by atoms with van der Waals surface area (Å²) in [6.07, 6.45) is 5.35. The lowest BCUT2D eigenvalue weighted by Crippen LogP contribution is -1.97. The van der Waals surface area contributed by atoms with Crippen LogP contribution >= 0.6 is 23.2 Å². The zero-order valence-electron chi connectivity index (χ0n) is 60.1. The molecule has 0 saturated carbocycles. The third-order valence-corrected chi connectivity index (χ3v) is 18.1. The van der Waals surface area contributed by atoms with Gasteiger partial charge in [-0.25, -0.2) is 19.9 Å². The van der Waals surface area contributed by atoms with Crippen LogP contribution in [0.25, 0.3) is 136 Å². The number of methoxy groups -OCH3 is 3. The summed E-state index contributed by atoms with van der Waals surface area (Å²) in [6.45, 7) is 4.85. The van der Waals surface area contributed by atoms with Crippen LogP contribution in [0, 0.1) is 19.3 Å². The van der Waals surface area contributed by atoms with Gasteiger partial charge in [-0.05, 0) is 80.1 Å². The van der Waals surface area contributed by atoms with Crippen LogP contribution in [0.3, 0.4) is 0 Å². The molecule has 0 aliphatic rings. The summed E-state index contributed by atoms with van der Waals surface area (Å²) in [6, 6.07) is 105. The van der Waals surface area contributed by atoms with E-state index in [1.165, 1.54) is 0 Å². The highest BCUT2D eigenvalue weighted by atomic mass is 35.5. The minimum absolute atomic E-state index is 0.217. The van der Waals surface area contributed by atoms with Crippen LogP contribution in [0.15, 0.2) is 315 Å². The van der Waals surface area contributed by atoms with Crippen LogP contribution < -0.4 is 23.7 Å². The van der Waals surface area contributed by atoms with Crippen molar-refractivity contribution >= 4 is 23.2 Å². The Morgan fingerprint density at radius 1 is 0.324 bits per heavy atom. The molecule has 0 aliphatic heterocycles. The molecule has 15 heteroatoms. The van der Waals surface area contributed by atoms with Gasteiger partial charge in [-0.3, -0.25) is 0 Å². The van der Waals surface area contributed by atoms with Crippen molar-refractivity contribution in [2.24, 2.45) is 0 Å². The first-order chi connectivity index (χ1) is 53.1. The highest BCUT2D eigenvalue weighted by molar-refractivity contribution is 6.33. The van der Waals surface area contributed by atoms with Crippen molar-refractivity contribution < 1.29 is 23.7 Å². The molecule has 108 heavy (non-hydrogen) atoms. The van der Waals surface area contributed by atoms with E-state index in [2.05, 4.69) is 111 Å². The highest BCUT2D eigenvalue weighted by Crippen LogP contribution is 2.46. The van der Waals surface area contributed by atoms with Gasteiger partial charge in [-0.15, -0.1) is 6.42 Å². The maximum atomic E-state index is 6.46. The fourth-order valence-electron chi connectivity index (χ4n) is 12.5. The number of nitrogens with one attached hydrogen (secondary N) is 4. The summed E-state index contributed by atoms with van der Waals surface area (Å²) in [4.78, 5) is 33.6. The van der Waals surface area contributed by atoms with Gasteiger partial charge in [0, 0.05) is 55.1 Å². The van der Waals surface area contributed by atoms with E-state index < -0.39 is 0 Å². The number of para-hydroxylation sites is 2. The summed E-state index contributed by atoms with van der Waals surface area (Å²) in [7, 11) is 4.81. The number of benzene rings is 12. The average Bonchev–Trinajstić information content (AvgIpc) is 1.63. The van der Waals surface area contributed by atoms with Gasteiger partial charge >= 0.3 is 0 Å².